The molecule has 0 spiro atoms. The van der Waals surface area contributed by atoms with Gasteiger partial charge in [-0.05, 0) is 27.4 Å². The van der Waals surface area contributed by atoms with E-state index in [1.165, 1.54) is 9.55 Å². The van der Waals surface area contributed by atoms with Crippen molar-refractivity contribution in [2.45, 2.75) is 17.3 Å². The van der Waals surface area contributed by atoms with Crippen molar-refractivity contribution in [1.82, 2.24) is 14.9 Å². The van der Waals surface area contributed by atoms with E-state index in [-0.39, 0.29) is 0 Å². The Labute approximate surface area is 122 Å². The van der Waals surface area contributed by atoms with E-state index in [9.17, 15) is 0 Å². The molecule has 18 heavy (non-hydrogen) atoms. The third-order valence-electron chi connectivity index (χ3n) is 2.29. The maximum absolute atomic E-state index is 5.93. The third-order valence-corrected chi connectivity index (χ3v) is 5.37. The second kappa shape index (κ2) is 6.55. The number of nitrogens with two attached hydrogens (primary N) is 1. The Balaban J connectivity index is 1.97. The van der Waals surface area contributed by atoms with Gasteiger partial charge < -0.3 is 10.6 Å². The standard InChI is InChI=1S/C10H13BrN4OS2/c1-16-4-2-9-13-14-10(15(9)12)18-6-8-7(11)3-5-17-8/h3,5H,2,4,6,12H2,1H3. The van der Waals surface area contributed by atoms with Gasteiger partial charge in [0.15, 0.2) is 5.82 Å². The van der Waals surface area contributed by atoms with Gasteiger partial charge in [0.1, 0.15) is 0 Å². The molecule has 2 heterocycles. The highest BCUT2D eigenvalue weighted by Gasteiger charge is 2.11. The molecule has 0 radical (unpaired) electrons. The van der Waals surface area contributed by atoms with Crippen molar-refractivity contribution in [2.75, 3.05) is 19.6 Å². The van der Waals surface area contributed by atoms with Gasteiger partial charge in [0.25, 0.3) is 0 Å². The number of nitrogens with zero attached hydrogens (tertiary/aromatic N) is 3. The molecule has 0 atom stereocenters. The van der Waals surface area contributed by atoms with Crippen molar-refractivity contribution in [3.05, 3.63) is 26.6 Å². The van der Waals surface area contributed by atoms with Gasteiger partial charge >= 0.3 is 0 Å². The predicted molar refractivity (Wildman–Crippen MR) is 77.3 cm³/mol. The number of methoxy groups -OCH3 is 1. The average molecular weight is 349 g/mol. The van der Waals surface area contributed by atoms with Crippen LogP contribution in [0.3, 0.4) is 0 Å². The van der Waals surface area contributed by atoms with Gasteiger partial charge in [0.2, 0.25) is 5.16 Å². The van der Waals surface area contributed by atoms with Crippen LogP contribution in [-0.2, 0) is 16.9 Å². The van der Waals surface area contributed by atoms with Crippen LogP contribution in [0, 0.1) is 0 Å². The molecule has 0 amide bonds. The number of ether oxygens (including phenoxy) is 1. The summed E-state index contributed by atoms with van der Waals surface area (Å²) in [6.07, 6.45) is 0.670. The van der Waals surface area contributed by atoms with E-state index in [4.69, 9.17) is 10.6 Å². The zero-order valence-electron chi connectivity index (χ0n) is 9.80. The van der Waals surface area contributed by atoms with Crippen molar-refractivity contribution < 1.29 is 4.74 Å². The lowest BCUT2D eigenvalue weighted by molar-refractivity contribution is 0.200. The summed E-state index contributed by atoms with van der Waals surface area (Å²) in [6.45, 7) is 0.594. The Morgan fingerprint density at radius 3 is 3.06 bits per heavy atom. The smallest absolute Gasteiger partial charge is 0.210 e. The number of thiophene rings is 1. The fraction of sp³-hybridized carbons (Fsp3) is 0.400. The van der Waals surface area contributed by atoms with Crippen molar-refractivity contribution >= 4 is 39.0 Å². The Morgan fingerprint density at radius 2 is 2.39 bits per heavy atom. The molecule has 0 bridgehead atoms. The second-order valence-electron chi connectivity index (χ2n) is 3.49. The largest absolute Gasteiger partial charge is 0.384 e. The van der Waals surface area contributed by atoms with E-state index >= 15 is 0 Å². The molecule has 0 aliphatic heterocycles. The molecule has 2 N–H and O–H groups in total. The van der Waals surface area contributed by atoms with Crippen LogP contribution < -0.4 is 5.84 Å². The highest BCUT2D eigenvalue weighted by atomic mass is 79.9. The quantitative estimate of drug-likeness (QED) is 0.640. The number of hydrogen-bond donors (Lipinski definition) is 1. The number of nitrogen functional groups attached to an aromatic ring is 1. The van der Waals surface area contributed by atoms with Crippen LogP contribution in [0.15, 0.2) is 21.1 Å². The zero-order valence-corrected chi connectivity index (χ0v) is 13.0. The lowest BCUT2D eigenvalue weighted by atomic mass is 10.4. The normalized spacial score (nSPS) is 11.0. The summed E-state index contributed by atoms with van der Waals surface area (Å²) in [7, 11) is 1.65. The second-order valence-corrected chi connectivity index (χ2v) is 6.29. The van der Waals surface area contributed by atoms with Gasteiger partial charge in [0, 0.05) is 28.6 Å². The molecule has 2 aromatic heterocycles. The maximum atomic E-state index is 5.93. The number of halogens is 1. The average Bonchev–Trinajstić information content (AvgIpc) is 2.92. The summed E-state index contributed by atoms with van der Waals surface area (Å²) in [5.41, 5.74) is 0. The summed E-state index contributed by atoms with van der Waals surface area (Å²) in [4.78, 5) is 1.27. The van der Waals surface area contributed by atoms with Gasteiger partial charge in [0.05, 0.1) is 6.61 Å². The highest BCUT2D eigenvalue weighted by molar-refractivity contribution is 9.10. The molecule has 5 nitrogen and oxygen atoms in total. The van der Waals surface area contributed by atoms with Gasteiger partial charge in [-0.3, -0.25) is 0 Å². The number of thioether (sulfide) groups is 1. The van der Waals surface area contributed by atoms with Gasteiger partial charge in [-0.1, -0.05) is 11.8 Å². The summed E-state index contributed by atoms with van der Waals surface area (Å²) in [5, 5.41) is 10.9. The molecule has 0 saturated heterocycles. The third kappa shape index (κ3) is 3.25. The first-order chi connectivity index (χ1) is 8.72. The minimum atomic E-state index is 0.594. The molecule has 0 fully saturated rings. The summed E-state index contributed by atoms with van der Waals surface area (Å²) < 4.78 is 7.66. The molecule has 2 rings (SSSR count). The monoisotopic (exact) mass is 348 g/mol. The molecule has 2 aromatic rings. The molecule has 98 valence electrons. The van der Waals surface area contributed by atoms with Crippen LogP contribution in [0.1, 0.15) is 10.7 Å². The zero-order chi connectivity index (χ0) is 13.0. The molecule has 0 saturated carbocycles. The van der Waals surface area contributed by atoms with E-state index < -0.39 is 0 Å². The van der Waals surface area contributed by atoms with E-state index in [1.54, 1.807) is 30.2 Å². The van der Waals surface area contributed by atoms with Crippen molar-refractivity contribution in [3.8, 4) is 0 Å². The first-order valence-electron chi connectivity index (χ1n) is 5.25. The van der Waals surface area contributed by atoms with Crippen molar-refractivity contribution in [1.29, 1.82) is 0 Å². The predicted octanol–water partition coefficient (Wildman–Crippen LogP) is 2.30. The lowest BCUT2D eigenvalue weighted by Gasteiger charge is -2.02. The number of hydrogen-bond acceptors (Lipinski definition) is 6. The lowest BCUT2D eigenvalue weighted by Crippen LogP contribution is -2.15. The van der Waals surface area contributed by atoms with Crippen LogP contribution in [0.2, 0.25) is 0 Å². The Bertz CT molecular complexity index is 514. The fourth-order valence-electron chi connectivity index (χ4n) is 1.33. The number of aromatic nitrogens is 3. The Hall–Kier alpha value is -0.570. The van der Waals surface area contributed by atoms with Crippen LogP contribution in [0.25, 0.3) is 0 Å². The Morgan fingerprint density at radius 1 is 1.56 bits per heavy atom. The van der Waals surface area contributed by atoms with Crippen LogP contribution in [0.4, 0.5) is 0 Å². The van der Waals surface area contributed by atoms with Gasteiger partial charge in [-0.15, -0.1) is 21.5 Å². The number of rotatable bonds is 6. The molecule has 0 aliphatic carbocycles. The molecule has 0 aliphatic rings. The fourth-order valence-corrected chi connectivity index (χ4v) is 4.00. The molecule has 0 aromatic carbocycles. The molecular weight excluding hydrogens is 336 g/mol. The topological polar surface area (TPSA) is 66.0 Å². The van der Waals surface area contributed by atoms with Gasteiger partial charge in [-0.2, -0.15) is 0 Å². The first kappa shape index (κ1) is 13.9. The van der Waals surface area contributed by atoms with Crippen LogP contribution in [-0.4, -0.2) is 28.6 Å². The minimum absolute atomic E-state index is 0.594. The van der Waals surface area contributed by atoms with E-state index in [0.29, 0.717) is 13.0 Å². The van der Waals surface area contributed by atoms with Gasteiger partial charge in [-0.25, -0.2) is 4.68 Å². The van der Waals surface area contributed by atoms with E-state index in [1.807, 2.05) is 6.07 Å². The molecule has 0 unspecified atom stereocenters. The summed E-state index contributed by atoms with van der Waals surface area (Å²) >= 11 is 6.79. The summed E-state index contributed by atoms with van der Waals surface area (Å²) in [6, 6.07) is 2.04. The molecule has 8 heteroatoms. The van der Waals surface area contributed by atoms with Crippen LogP contribution >= 0.6 is 39.0 Å². The summed E-state index contributed by atoms with van der Waals surface area (Å²) in [5.74, 6) is 7.50. The van der Waals surface area contributed by atoms with Crippen molar-refractivity contribution in [3.63, 3.8) is 0 Å². The maximum Gasteiger partial charge on any atom is 0.210 e. The highest BCUT2D eigenvalue weighted by Crippen LogP contribution is 2.29. The Kier molecular flexibility index (Phi) is 5.04. The SMILES string of the molecule is COCCc1nnc(SCc2sccc2Br)n1N. The van der Waals surface area contributed by atoms with E-state index in [0.717, 1.165) is 21.2 Å². The van der Waals surface area contributed by atoms with E-state index in [2.05, 4.69) is 31.5 Å². The first-order valence-corrected chi connectivity index (χ1v) is 7.91. The molecular formula is C10H13BrN4OS2. The minimum Gasteiger partial charge on any atom is -0.384 e. The van der Waals surface area contributed by atoms with Crippen molar-refractivity contribution in [2.24, 2.45) is 0 Å². The van der Waals surface area contributed by atoms with Crippen LogP contribution in [0.5, 0.6) is 0 Å².